The van der Waals surface area contributed by atoms with E-state index in [4.69, 9.17) is 21.4 Å². The van der Waals surface area contributed by atoms with Crippen LogP contribution < -0.4 is 15.4 Å². The molecule has 0 spiro atoms. The first-order chi connectivity index (χ1) is 16.4. The maximum Gasteiger partial charge on any atom is 0.259 e. The average molecular weight is 482 g/mol. The van der Waals surface area contributed by atoms with Crippen LogP contribution in [0.4, 0.5) is 15.8 Å². The van der Waals surface area contributed by atoms with Gasteiger partial charge in [-0.3, -0.25) is 19.3 Å². The predicted octanol–water partition coefficient (Wildman–Crippen LogP) is 4.55. The van der Waals surface area contributed by atoms with E-state index in [1.54, 1.807) is 42.9 Å². The Morgan fingerprint density at radius 1 is 1.18 bits per heavy atom. The molecule has 4 aromatic rings. The Kier molecular flexibility index (Phi) is 6.55. The highest BCUT2D eigenvalue weighted by Gasteiger charge is 2.16. The van der Waals surface area contributed by atoms with Gasteiger partial charge in [0, 0.05) is 11.3 Å². The van der Waals surface area contributed by atoms with E-state index in [0.29, 0.717) is 23.0 Å². The zero-order chi connectivity index (χ0) is 24.2. The number of aromatic amines is 1. The van der Waals surface area contributed by atoms with Gasteiger partial charge in [0.25, 0.3) is 5.91 Å². The normalized spacial score (nSPS) is 10.7. The van der Waals surface area contributed by atoms with Gasteiger partial charge in [-0.2, -0.15) is 5.10 Å². The van der Waals surface area contributed by atoms with Crippen molar-refractivity contribution in [2.45, 2.75) is 13.5 Å². The summed E-state index contributed by atoms with van der Waals surface area (Å²) in [5.41, 5.74) is 1.24. The topological polar surface area (TPSA) is 114 Å². The molecule has 0 saturated carbocycles. The molecule has 0 aliphatic heterocycles. The molecule has 0 saturated heterocycles. The Hall–Kier alpha value is -4.25. The number of rotatable bonds is 7. The van der Waals surface area contributed by atoms with E-state index in [-0.39, 0.29) is 22.6 Å². The smallest absolute Gasteiger partial charge is 0.259 e. The fourth-order valence-electron chi connectivity index (χ4n) is 3.28. The molecule has 0 fully saturated rings. The Morgan fingerprint density at radius 2 is 1.94 bits per heavy atom. The molecule has 0 bridgehead atoms. The van der Waals surface area contributed by atoms with E-state index in [9.17, 15) is 14.0 Å². The van der Waals surface area contributed by atoms with Gasteiger partial charge in [-0.15, -0.1) is 0 Å². The molecule has 11 heteroatoms. The van der Waals surface area contributed by atoms with Crippen molar-refractivity contribution in [3.8, 4) is 17.1 Å². The van der Waals surface area contributed by atoms with E-state index in [1.165, 1.54) is 24.5 Å². The fourth-order valence-corrected chi connectivity index (χ4v) is 3.47. The van der Waals surface area contributed by atoms with Crippen LogP contribution in [-0.4, -0.2) is 33.7 Å². The van der Waals surface area contributed by atoms with Crippen molar-refractivity contribution in [1.82, 2.24) is 14.8 Å². The zero-order valence-electron chi connectivity index (χ0n) is 18.2. The van der Waals surface area contributed by atoms with Crippen LogP contribution in [-0.2, 0) is 11.3 Å². The molecule has 0 unspecified atom stereocenters. The molecule has 0 aliphatic rings. The van der Waals surface area contributed by atoms with Crippen LogP contribution in [0.1, 0.15) is 16.1 Å². The fraction of sp³-hybridized carbons (Fsp3) is 0.130. The van der Waals surface area contributed by atoms with Gasteiger partial charge in [-0.1, -0.05) is 0 Å². The van der Waals surface area contributed by atoms with Crippen LogP contribution in [0.5, 0.6) is 5.75 Å². The van der Waals surface area contributed by atoms with Crippen molar-refractivity contribution in [2.75, 3.05) is 17.7 Å². The maximum absolute atomic E-state index is 14.3. The number of halogens is 1. The van der Waals surface area contributed by atoms with Gasteiger partial charge in [0.15, 0.2) is 10.6 Å². The van der Waals surface area contributed by atoms with Crippen LogP contribution in [0.25, 0.3) is 11.4 Å². The molecule has 174 valence electrons. The summed E-state index contributed by atoms with van der Waals surface area (Å²) in [5, 5.41) is 12.1. The van der Waals surface area contributed by atoms with Gasteiger partial charge >= 0.3 is 0 Å². The summed E-state index contributed by atoms with van der Waals surface area (Å²) in [6.45, 7) is 1.49. The lowest BCUT2D eigenvalue weighted by molar-refractivity contribution is -0.116. The van der Waals surface area contributed by atoms with Crippen LogP contribution in [0.2, 0.25) is 0 Å². The first-order valence-electron chi connectivity index (χ1n) is 10.1. The van der Waals surface area contributed by atoms with Gasteiger partial charge in [0.2, 0.25) is 5.91 Å². The first-order valence-corrected chi connectivity index (χ1v) is 10.5. The Labute approximate surface area is 198 Å². The lowest BCUT2D eigenvalue weighted by Gasteiger charge is -2.11. The van der Waals surface area contributed by atoms with Crippen molar-refractivity contribution in [3.63, 3.8) is 0 Å². The number of anilines is 2. The van der Waals surface area contributed by atoms with E-state index < -0.39 is 17.6 Å². The second-order valence-electron chi connectivity index (χ2n) is 7.25. The van der Waals surface area contributed by atoms with Gasteiger partial charge in [0.1, 0.15) is 23.9 Å². The highest BCUT2D eigenvalue weighted by Crippen LogP contribution is 2.23. The second-order valence-corrected chi connectivity index (χ2v) is 7.64. The Bertz CT molecular complexity index is 1410. The molecule has 2 heterocycles. The van der Waals surface area contributed by atoms with Crippen LogP contribution in [0.15, 0.2) is 59.2 Å². The molecule has 3 N–H and O–H groups in total. The number of nitrogens with zero attached hydrogens (tertiary/aromatic N) is 2. The van der Waals surface area contributed by atoms with Crippen molar-refractivity contribution in [1.29, 1.82) is 0 Å². The minimum Gasteiger partial charge on any atom is -0.497 e. The van der Waals surface area contributed by atoms with E-state index in [0.717, 1.165) is 11.6 Å². The number of ether oxygens (including phenoxy) is 1. The van der Waals surface area contributed by atoms with E-state index in [1.807, 2.05) is 0 Å². The summed E-state index contributed by atoms with van der Waals surface area (Å²) < 4.78 is 26.4. The molecule has 4 rings (SSSR count). The standard InChI is InChI=1S/C23H20FN5O4S/c1-13-17(9-10-33-13)22(31)26-19-11-15(5-8-18(19)24)25-20(30)12-29-21(27-28-23(29)34)14-3-6-16(32-2)7-4-14/h3-11H,12H2,1-2H3,(H,25,30)(H,26,31)(H,28,34). The van der Waals surface area contributed by atoms with Crippen molar-refractivity contribution in [2.24, 2.45) is 0 Å². The molecular formula is C23H20FN5O4S. The summed E-state index contributed by atoms with van der Waals surface area (Å²) >= 11 is 5.27. The second kappa shape index (κ2) is 9.71. The molecule has 0 radical (unpaired) electrons. The quantitative estimate of drug-likeness (QED) is 0.334. The third-order valence-electron chi connectivity index (χ3n) is 5.01. The zero-order valence-corrected chi connectivity index (χ0v) is 19.0. The largest absolute Gasteiger partial charge is 0.497 e. The third kappa shape index (κ3) is 4.89. The molecule has 0 atom stereocenters. The molecule has 2 aromatic heterocycles. The Morgan fingerprint density at radius 3 is 2.62 bits per heavy atom. The lowest BCUT2D eigenvalue weighted by Crippen LogP contribution is -2.20. The summed E-state index contributed by atoms with van der Waals surface area (Å²) in [4.78, 5) is 25.1. The molecule has 2 aromatic carbocycles. The number of H-pyrrole nitrogens is 1. The number of hydrogen-bond acceptors (Lipinski definition) is 6. The van der Waals surface area contributed by atoms with E-state index >= 15 is 0 Å². The molecular weight excluding hydrogens is 461 g/mol. The SMILES string of the molecule is COc1ccc(-c2n[nH]c(=S)n2CC(=O)Nc2ccc(F)c(NC(=O)c3ccoc3C)c2)cc1. The summed E-state index contributed by atoms with van der Waals surface area (Å²) in [5.74, 6) is -0.0165. The number of aromatic nitrogens is 3. The van der Waals surface area contributed by atoms with Crippen LogP contribution >= 0.6 is 12.2 Å². The van der Waals surface area contributed by atoms with Crippen molar-refractivity contribution >= 4 is 35.4 Å². The molecule has 2 amide bonds. The van der Waals surface area contributed by atoms with Crippen LogP contribution in [0.3, 0.4) is 0 Å². The number of furan rings is 1. The van der Waals surface area contributed by atoms with Crippen molar-refractivity contribution < 1.29 is 23.1 Å². The summed E-state index contributed by atoms with van der Waals surface area (Å²) in [6.07, 6.45) is 1.37. The molecule has 34 heavy (non-hydrogen) atoms. The van der Waals surface area contributed by atoms with Gasteiger partial charge in [0.05, 0.1) is 24.6 Å². The number of methoxy groups -OCH3 is 1. The highest BCUT2D eigenvalue weighted by molar-refractivity contribution is 7.71. The van der Waals surface area contributed by atoms with Gasteiger partial charge in [-0.25, -0.2) is 4.39 Å². The minimum atomic E-state index is -0.647. The first kappa shape index (κ1) is 22.9. The van der Waals surface area contributed by atoms with Gasteiger partial charge < -0.3 is 19.8 Å². The number of hydrogen-bond donors (Lipinski definition) is 3. The summed E-state index contributed by atoms with van der Waals surface area (Å²) in [7, 11) is 1.57. The summed E-state index contributed by atoms with van der Waals surface area (Å²) in [6, 6.07) is 12.5. The number of nitrogens with one attached hydrogen (secondary N) is 3. The Balaban J connectivity index is 1.49. The van der Waals surface area contributed by atoms with E-state index in [2.05, 4.69) is 20.8 Å². The minimum absolute atomic E-state index is 0.0813. The van der Waals surface area contributed by atoms with Crippen LogP contribution in [0, 0.1) is 17.5 Å². The van der Waals surface area contributed by atoms with Gasteiger partial charge in [-0.05, 0) is 67.7 Å². The van der Waals surface area contributed by atoms with Crippen molar-refractivity contribution in [3.05, 3.63) is 76.7 Å². The average Bonchev–Trinajstić information content (AvgIpc) is 3.41. The maximum atomic E-state index is 14.3. The molecule has 9 nitrogen and oxygen atoms in total. The number of aryl methyl sites for hydroxylation is 1. The highest BCUT2D eigenvalue weighted by atomic mass is 32.1. The number of amides is 2. The predicted molar refractivity (Wildman–Crippen MR) is 126 cm³/mol. The number of benzene rings is 2. The number of carbonyl (C=O) groups is 2. The monoisotopic (exact) mass is 481 g/mol. The molecule has 0 aliphatic carbocycles. The lowest BCUT2D eigenvalue weighted by atomic mass is 10.2. The third-order valence-corrected chi connectivity index (χ3v) is 5.32. The number of carbonyl (C=O) groups excluding carboxylic acids is 2.